The van der Waals surface area contributed by atoms with Gasteiger partial charge in [0.25, 0.3) is 0 Å². The smallest absolute Gasteiger partial charge is 0.227 e. The van der Waals surface area contributed by atoms with Gasteiger partial charge in [-0.3, -0.25) is 4.79 Å². The third kappa shape index (κ3) is 2.70. The molecule has 3 aliphatic rings. The Morgan fingerprint density at radius 2 is 1.65 bits per heavy atom. The van der Waals surface area contributed by atoms with Crippen molar-refractivity contribution in [1.82, 2.24) is 4.90 Å². The summed E-state index contributed by atoms with van der Waals surface area (Å²) in [7, 11) is 0. The summed E-state index contributed by atoms with van der Waals surface area (Å²) in [6.45, 7) is 7.09. The Morgan fingerprint density at radius 3 is 2.31 bits per heavy atom. The third-order valence-electron chi connectivity index (χ3n) is 6.52. The Bertz CT molecular complexity index is 765. The molecule has 0 spiro atoms. The number of rotatable bonds is 3. The molecule has 1 amide bonds. The molecule has 0 aromatic heterocycles. The lowest BCUT2D eigenvalue weighted by molar-refractivity contribution is -0.313. The van der Waals surface area contributed by atoms with Crippen LogP contribution in [0.1, 0.15) is 17.5 Å². The number of benzene rings is 1. The number of carboxylic acid groups (broad SMARTS) is 1. The summed E-state index contributed by atoms with van der Waals surface area (Å²) in [5.74, 6) is -2.15. The number of hydrogen-bond donors (Lipinski definition) is 0. The van der Waals surface area contributed by atoms with Gasteiger partial charge in [0.2, 0.25) is 5.91 Å². The van der Waals surface area contributed by atoms with Crippen LogP contribution in [0.15, 0.2) is 30.4 Å². The monoisotopic (exact) mass is 353 g/mol. The molecule has 138 valence electrons. The highest BCUT2D eigenvalue weighted by Crippen LogP contribution is 2.48. The van der Waals surface area contributed by atoms with Gasteiger partial charge in [-0.15, -0.1) is 0 Å². The van der Waals surface area contributed by atoms with Gasteiger partial charge in [-0.1, -0.05) is 24.3 Å². The van der Waals surface area contributed by atoms with Crippen molar-refractivity contribution < 1.29 is 14.7 Å². The Morgan fingerprint density at radius 1 is 1.00 bits per heavy atom. The molecule has 4 atom stereocenters. The van der Waals surface area contributed by atoms with Crippen LogP contribution >= 0.6 is 0 Å². The number of aryl methyl sites for hydroxylation is 1. The number of fused-ring (bicyclic) bond motifs is 2. The van der Waals surface area contributed by atoms with Crippen molar-refractivity contribution in [2.75, 3.05) is 31.1 Å². The Balaban J connectivity index is 1.45. The second kappa shape index (κ2) is 6.45. The summed E-state index contributed by atoms with van der Waals surface area (Å²) in [6, 6.07) is 6.31. The van der Waals surface area contributed by atoms with Crippen molar-refractivity contribution in [2.45, 2.75) is 20.3 Å². The average Bonchev–Trinajstić information content (AvgIpc) is 3.25. The first kappa shape index (κ1) is 17.1. The van der Waals surface area contributed by atoms with Crippen LogP contribution in [-0.2, 0) is 9.59 Å². The third-order valence-corrected chi connectivity index (χ3v) is 6.52. The van der Waals surface area contributed by atoms with Crippen molar-refractivity contribution in [3.63, 3.8) is 0 Å². The highest BCUT2D eigenvalue weighted by Gasteiger charge is 2.50. The van der Waals surface area contributed by atoms with Crippen molar-refractivity contribution in [3.05, 3.63) is 41.5 Å². The largest absolute Gasteiger partial charge is 0.550 e. The van der Waals surface area contributed by atoms with E-state index in [1.54, 1.807) is 0 Å². The number of nitrogens with zero attached hydrogens (tertiary/aromatic N) is 2. The second-order valence-electron chi connectivity index (χ2n) is 7.85. The minimum absolute atomic E-state index is 0.00309. The van der Waals surface area contributed by atoms with Crippen LogP contribution in [0.3, 0.4) is 0 Å². The molecule has 4 rings (SSSR count). The van der Waals surface area contributed by atoms with Gasteiger partial charge in [0.05, 0.1) is 5.92 Å². The predicted molar refractivity (Wildman–Crippen MR) is 97.4 cm³/mol. The van der Waals surface area contributed by atoms with Crippen molar-refractivity contribution in [2.24, 2.45) is 23.7 Å². The highest BCUT2D eigenvalue weighted by atomic mass is 16.4. The Hall–Kier alpha value is -2.30. The fraction of sp³-hybridized carbons (Fsp3) is 0.524. The van der Waals surface area contributed by atoms with Crippen LogP contribution in [0.2, 0.25) is 0 Å². The van der Waals surface area contributed by atoms with E-state index in [1.165, 1.54) is 16.8 Å². The molecule has 1 aliphatic heterocycles. The fourth-order valence-corrected chi connectivity index (χ4v) is 4.94. The second-order valence-corrected chi connectivity index (χ2v) is 7.85. The van der Waals surface area contributed by atoms with E-state index in [9.17, 15) is 14.7 Å². The van der Waals surface area contributed by atoms with Gasteiger partial charge in [-0.05, 0) is 49.3 Å². The summed E-state index contributed by atoms with van der Waals surface area (Å²) >= 11 is 0. The molecule has 1 saturated carbocycles. The van der Waals surface area contributed by atoms with Crippen molar-refractivity contribution in [1.29, 1.82) is 0 Å². The zero-order valence-corrected chi connectivity index (χ0v) is 15.4. The minimum atomic E-state index is -1.07. The molecule has 1 aromatic rings. The minimum Gasteiger partial charge on any atom is -0.550 e. The zero-order chi connectivity index (χ0) is 18.4. The van der Waals surface area contributed by atoms with Crippen LogP contribution in [0.4, 0.5) is 5.69 Å². The summed E-state index contributed by atoms with van der Waals surface area (Å²) < 4.78 is 0. The molecule has 0 unspecified atom stereocenters. The normalized spacial score (nSPS) is 30.1. The van der Waals surface area contributed by atoms with E-state index >= 15 is 0 Å². The van der Waals surface area contributed by atoms with E-state index < -0.39 is 17.8 Å². The van der Waals surface area contributed by atoms with Gasteiger partial charge >= 0.3 is 0 Å². The Kier molecular flexibility index (Phi) is 4.25. The summed E-state index contributed by atoms with van der Waals surface area (Å²) in [4.78, 5) is 28.8. The topological polar surface area (TPSA) is 63.7 Å². The lowest BCUT2D eigenvalue weighted by Crippen LogP contribution is -2.53. The summed E-state index contributed by atoms with van der Waals surface area (Å²) in [5.41, 5.74) is 3.78. The number of hydrogen-bond acceptors (Lipinski definition) is 4. The van der Waals surface area contributed by atoms with E-state index in [2.05, 4.69) is 36.9 Å². The van der Waals surface area contributed by atoms with Crippen LogP contribution in [-0.4, -0.2) is 43.0 Å². The maximum atomic E-state index is 13.1. The average molecular weight is 353 g/mol. The first-order chi connectivity index (χ1) is 12.5. The predicted octanol–water partition coefficient (Wildman–Crippen LogP) is 1.14. The summed E-state index contributed by atoms with van der Waals surface area (Å²) in [5, 5.41) is 11.6. The molecule has 26 heavy (non-hydrogen) atoms. The van der Waals surface area contributed by atoms with Crippen molar-refractivity contribution >= 4 is 17.6 Å². The lowest BCUT2D eigenvalue weighted by atomic mass is 9.82. The van der Waals surface area contributed by atoms with Crippen LogP contribution in [0.25, 0.3) is 0 Å². The maximum absolute atomic E-state index is 13.1. The maximum Gasteiger partial charge on any atom is 0.227 e. The molecule has 5 nitrogen and oxygen atoms in total. The molecule has 0 radical (unpaired) electrons. The number of amides is 1. The SMILES string of the molecule is Cc1cccc(N2CCN(C(=O)[C@H]3[C@@H](C(=O)[O-])[C@H]4C=C[C@@H]3C4)CC2)c1C. The number of carboxylic acids is 1. The lowest BCUT2D eigenvalue weighted by Gasteiger charge is -2.40. The standard InChI is InChI=1S/C21H26N2O3/c1-13-4-3-5-17(14(13)2)22-8-10-23(11-9-22)20(24)18-15-6-7-16(12-15)19(18)21(25)26/h3-7,15-16,18-19H,8-12H2,1-2H3,(H,25,26)/p-1/t15-,16+,18-,19+/m1/s1. The molecular formula is C21H25N2O3-. The summed E-state index contributed by atoms with van der Waals surface area (Å²) in [6.07, 6.45) is 4.75. The molecule has 0 N–H and O–H groups in total. The quantitative estimate of drug-likeness (QED) is 0.765. The van der Waals surface area contributed by atoms with Crippen LogP contribution < -0.4 is 10.0 Å². The molecule has 1 aromatic carbocycles. The van der Waals surface area contributed by atoms with Gasteiger partial charge < -0.3 is 19.7 Å². The highest BCUT2D eigenvalue weighted by molar-refractivity contribution is 5.86. The number of anilines is 1. The molecule has 5 heteroatoms. The van der Waals surface area contributed by atoms with Gasteiger partial charge in [0.15, 0.2) is 0 Å². The molecule has 2 aliphatic carbocycles. The van der Waals surface area contributed by atoms with E-state index in [1.807, 2.05) is 17.1 Å². The number of carbonyl (C=O) groups excluding carboxylic acids is 2. The zero-order valence-electron chi connectivity index (χ0n) is 15.4. The van der Waals surface area contributed by atoms with Crippen molar-refractivity contribution in [3.8, 4) is 0 Å². The van der Waals surface area contributed by atoms with E-state index in [4.69, 9.17) is 0 Å². The number of aliphatic carboxylic acids is 1. The van der Waals surface area contributed by atoms with Gasteiger partial charge in [-0.25, -0.2) is 0 Å². The van der Waals surface area contributed by atoms with Crippen LogP contribution in [0.5, 0.6) is 0 Å². The Labute approximate surface area is 154 Å². The molecule has 2 fully saturated rings. The number of allylic oxidation sites excluding steroid dienone is 2. The first-order valence-electron chi connectivity index (χ1n) is 9.46. The van der Waals surface area contributed by atoms with Crippen LogP contribution in [0, 0.1) is 37.5 Å². The molecule has 2 bridgehead atoms. The van der Waals surface area contributed by atoms with E-state index in [-0.39, 0.29) is 17.7 Å². The first-order valence-corrected chi connectivity index (χ1v) is 9.46. The van der Waals surface area contributed by atoms with Gasteiger partial charge in [0.1, 0.15) is 0 Å². The van der Waals surface area contributed by atoms with E-state index in [0.29, 0.717) is 13.1 Å². The molecule has 1 heterocycles. The van der Waals surface area contributed by atoms with Gasteiger partial charge in [0, 0.05) is 43.8 Å². The fourth-order valence-electron chi connectivity index (χ4n) is 4.94. The van der Waals surface area contributed by atoms with Gasteiger partial charge in [-0.2, -0.15) is 0 Å². The molecule has 1 saturated heterocycles. The number of piperazine rings is 1. The number of carbonyl (C=O) groups is 2. The van der Waals surface area contributed by atoms with E-state index in [0.717, 1.165) is 19.5 Å². The molecular weight excluding hydrogens is 328 g/mol.